The van der Waals surface area contributed by atoms with E-state index in [0.29, 0.717) is 11.5 Å². The molecule has 3 rings (SSSR count). The van der Waals surface area contributed by atoms with Crippen molar-refractivity contribution in [1.82, 2.24) is 19.6 Å². The molecule has 2 heterocycles. The second kappa shape index (κ2) is 3.99. The molecule has 90 valence electrons. The van der Waals surface area contributed by atoms with Gasteiger partial charge in [0.1, 0.15) is 0 Å². The van der Waals surface area contributed by atoms with E-state index in [1.165, 1.54) is 13.2 Å². The summed E-state index contributed by atoms with van der Waals surface area (Å²) in [7, 11) is 1.48. The molecular formula is C12H10N4O2. The lowest BCUT2D eigenvalue weighted by Gasteiger charge is -2.02. The molecule has 18 heavy (non-hydrogen) atoms. The first-order valence-corrected chi connectivity index (χ1v) is 5.37. The summed E-state index contributed by atoms with van der Waals surface area (Å²) in [6, 6.07) is 11.2. The molecule has 1 aromatic carbocycles. The molecule has 0 unspecified atom stereocenters. The van der Waals surface area contributed by atoms with Gasteiger partial charge in [-0.3, -0.25) is 9.78 Å². The number of aromatic amines is 1. The van der Waals surface area contributed by atoms with Crippen LogP contribution in [-0.4, -0.2) is 26.7 Å². The lowest BCUT2D eigenvalue weighted by molar-refractivity contribution is 0.380. The Kier molecular flexibility index (Phi) is 2.33. The van der Waals surface area contributed by atoms with Gasteiger partial charge in [-0.15, -0.1) is 5.10 Å². The minimum absolute atomic E-state index is 0.217. The number of methoxy groups -OCH3 is 1. The van der Waals surface area contributed by atoms with E-state index in [-0.39, 0.29) is 11.6 Å². The third-order valence-corrected chi connectivity index (χ3v) is 2.57. The molecule has 0 radical (unpaired) electrons. The highest BCUT2D eigenvalue weighted by Crippen LogP contribution is 2.18. The standard InChI is InChI=1S/C12H10N4O2/c1-18-12-14-11-13-10(17)7-9(16(11)15-12)8-5-3-2-4-6-8/h2-7H,1H3,(H,13,14,15,17). The maximum absolute atomic E-state index is 11.6. The highest BCUT2D eigenvalue weighted by molar-refractivity contribution is 5.61. The molecule has 0 saturated carbocycles. The van der Waals surface area contributed by atoms with Gasteiger partial charge >= 0.3 is 6.01 Å². The summed E-state index contributed by atoms with van der Waals surface area (Å²) >= 11 is 0. The van der Waals surface area contributed by atoms with Gasteiger partial charge in [-0.1, -0.05) is 30.3 Å². The first-order valence-electron chi connectivity index (χ1n) is 5.37. The van der Waals surface area contributed by atoms with Crippen molar-refractivity contribution in [2.45, 2.75) is 0 Å². The van der Waals surface area contributed by atoms with Crippen LogP contribution in [0, 0.1) is 0 Å². The topological polar surface area (TPSA) is 72.3 Å². The van der Waals surface area contributed by atoms with Crippen LogP contribution < -0.4 is 10.3 Å². The predicted molar refractivity (Wildman–Crippen MR) is 65.6 cm³/mol. The number of H-pyrrole nitrogens is 1. The lowest BCUT2D eigenvalue weighted by Crippen LogP contribution is -2.09. The fraction of sp³-hybridized carbons (Fsp3) is 0.0833. The Bertz CT molecular complexity index is 746. The number of nitrogens with one attached hydrogen (secondary N) is 1. The van der Waals surface area contributed by atoms with Crippen molar-refractivity contribution in [3.8, 4) is 17.3 Å². The van der Waals surface area contributed by atoms with Crippen LogP contribution in [0.4, 0.5) is 0 Å². The Morgan fingerprint density at radius 3 is 2.78 bits per heavy atom. The number of benzene rings is 1. The average molecular weight is 242 g/mol. The van der Waals surface area contributed by atoms with Gasteiger partial charge in [-0.2, -0.15) is 9.50 Å². The predicted octanol–water partition coefficient (Wildman–Crippen LogP) is 1.09. The molecule has 3 aromatic rings. The van der Waals surface area contributed by atoms with Crippen LogP contribution in [0.15, 0.2) is 41.2 Å². The van der Waals surface area contributed by atoms with E-state index < -0.39 is 0 Å². The van der Waals surface area contributed by atoms with E-state index >= 15 is 0 Å². The van der Waals surface area contributed by atoms with Crippen LogP contribution in [0.1, 0.15) is 0 Å². The highest BCUT2D eigenvalue weighted by atomic mass is 16.5. The summed E-state index contributed by atoms with van der Waals surface area (Å²) in [5.41, 5.74) is 1.34. The third kappa shape index (κ3) is 1.64. The van der Waals surface area contributed by atoms with Gasteiger partial charge in [-0.25, -0.2) is 0 Å². The number of rotatable bonds is 2. The molecule has 0 aliphatic carbocycles. The van der Waals surface area contributed by atoms with E-state index in [1.807, 2.05) is 30.3 Å². The third-order valence-electron chi connectivity index (χ3n) is 2.57. The Labute approximate surface area is 102 Å². The van der Waals surface area contributed by atoms with Crippen LogP contribution in [0.2, 0.25) is 0 Å². The van der Waals surface area contributed by atoms with Crippen LogP contribution in [-0.2, 0) is 0 Å². The zero-order chi connectivity index (χ0) is 12.5. The van der Waals surface area contributed by atoms with Gasteiger partial charge in [0.25, 0.3) is 5.56 Å². The second-order valence-electron chi connectivity index (χ2n) is 3.72. The van der Waals surface area contributed by atoms with Gasteiger partial charge < -0.3 is 4.74 Å². The molecule has 6 nitrogen and oxygen atoms in total. The van der Waals surface area contributed by atoms with Crippen molar-refractivity contribution in [2.24, 2.45) is 0 Å². The smallest absolute Gasteiger partial charge is 0.337 e. The van der Waals surface area contributed by atoms with Crippen LogP contribution in [0.25, 0.3) is 17.0 Å². The van der Waals surface area contributed by atoms with Crippen LogP contribution >= 0.6 is 0 Å². The summed E-state index contributed by atoms with van der Waals surface area (Å²) in [4.78, 5) is 18.3. The van der Waals surface area contributed by atoms with E-state index in [2.05, 4.69) is 15.1 Å². The van der Waals surface area contributed by atoms with E-state index in [4.69, 9.17) is 4.74 Å². The second-order valence-corrected chi connectivity index (χ2v) is 3.72. The maximum atomic E-state index is 11.6. The Balaban J connectivity index is 2.34. The largest absolute Gasteiger partial charge is 0.466 e. The average Bonchev–Trinajstić information content (AvgIpc) is 2.81. The van der Waals surface area contributed by atoms with Gasteiger partial charge in [0.2, 0.25) is 5.78 Å². The molecule has 1 N–H and O–H groups in total. The molecular weight excluding hydrogens is 232 g/mol. The molecule has 0 amide bonds. The van der Waals surface area contributed by atoms with Gasteiger partial charge in [0.05, 0.1) is 12.8 Å². The quantitative estimate of drug-likeness (QED) is 0.730. The first kappa shape index (κ1) is 10.5. The van der Waals surface area contributed by atoms with E-state index in [9.17, 15) is 4.79 Å². The summed E-state index contributed by atoms with van der Waals surface area (Å²) in [6.07, 6.45) is 0. The van der Waals surface area contributed by atoms with Crippen molar-refractivity contribution >= 4 is 5.78 Å². The fourth-order valence-electron chi connectivity index (χ4n) is 1.77. The number of ether oxygens (including phenoxy) is 1. The van der Waals surface area contributed by atoms with Crippen molar-refractivity contribution in [3.05, 3.63) is 46.8 Å². The minimum Gasteiger partial charge on any atom is -0.466 e. The van der Waals surface area contributed by atoms with Gasteiger partial charge in [-0.05, 0) is 0 Å². The number of nitrogens with zero attached hydrogens (tertiary/aromatic N) is 3. The van der Waals surface area contributed by atoms with Crippen molar-refractivity contribution in [1.29, 1.82) is 0 Å². The molecule has 6 heteroatoms. The Morgan fingerprint density at radius 1 is 1.28 bits per heavy atom. The molecule has 0 fully saturated rings. The molecule has 0 aliphatic rings. The van der Waals surface area contributed by atoms with E-state index in [1.54, 1.807) is 4.52 Å². The molecule has 0 saturated heterocycles. The zero-order valence-electron chi connectivity index (χ0n) is 9.62. The van der Waals surface area contributed by atoms with E-state index in [0.717, 1.165) is 5.56 Å². The van der Waals surface area contributed by atoms with Crippen molar-refractivity contribution in [3.63, 3.8) is 0 Å². The Morgan fingerprint density at radius 2 is 2.06 bits per heavy atom. The molecule has 0 spiro atoms. The van der Waals surface area contributed by atoms with Crippen molar-refractivity contribution in [2.75, 3.05) is 7.11 Å². The molecule has 0 aliphatic heterocycles. The SMILES string of the molecule is COc1nc2[nH]c(=O)cc(-c3ccccc3)n2n1. The fourth-order valence-corrected chi connectivity index (χ4v) is 1.77. The maximum Gasteiger partial charge on any atom is 0.337 e. The van der Waals surface area contributed by atoms with Gasteiger partial charge in [0, 0.05) is 11.6 Å². The normalized spacial score (nSPS) is 10.7. The molecule has 2 aromatic heterocycles. The highest BCUT2D eigenvalue weighted by Gasteiger charge is 2.10. The monoisotopic (exact) mass is 242 g/mol. The zero-order valence-corrected chi connectivity index (χ0v) is 9.62. The summed E-state index contributed by atoms with van der Waals surface area (Å²) < 4.78 is 6.52. The van der Waals surface area contributed by atoms with Crippen LogP contribution in [0.3, 0.4) is 0 Å². The number of fused-ring (bicyclic) bond motifs is 1. The summed E-state index contributed by atoms with van der Waals surface area (Å²) in [5.74, 6) is 0.359. The van der Waals surface area contributed by atoms with Crippen LogP contribution in [0.5, 0.6) is 6.01 Å². The lowest BCUT2D eigenvalue weighted by atomic mass is 10.1. The minimum atomic E-state index is -0.226. The summed E-state index contributed by atoms with van der Waals surface area (Å²) in [6.45, 7) is 0. The first-order chi connectivity index (χ1) is 8.78. The summed E-state index contributed by atoms with van der Waals surface area (Å²) in [5, 5.41) is 4.16. The number of hydrogen-bond donors (Lipinski definition) is 1. The molecule has 0 bridgehead atoms. The Hall–Kier alpha value is -2.63. The number of aromatic nitrogens is 4. The molecule has 0 atom stereocenters. The van der Waals surface area contributed by atoms with Gasteiger partial charge in [0.15, 0.2) is 0 Å². The van der Waals surface area contributed by atoms with Crippen molar-refractivity contribution < 1.29 is 4.74 Å². The number of hydrogen-bond acceptors (Lipinski definition) is 4.